The van der Waals surface area contributed by atoms with Crippen LogP contribution in [-0.2, 0) is 0 Å². The average molecular weight is 446 g/mol. The van der Waals surface area contributed by atoms with Gasteiger partial charge in [-0.1, -0.05) is 55.2 Å². The number of hydrogen-bond donors (Lipinski definition) is 2. The normalized spacial score (nSPS) is 15.1. The van der Waals surface area contributed by atoms with Crippen molar-refractivity contribution in [1.29, 1.82) is 0 Å². The van der Waals surface area contributed by atoms with Crippen LogP contribution in [0.2, 0.25) is 0 Å². The number of rotatable bonds is 7. The van der Waals surface area contributed by atoms with Gasteiger partial charge in [0.1, 0.15) is 0 Å². The van der Waals surface area contributed by atoms with E-state index < -0.39 is 6.04 Å². The van der Waals surface area contributed by atoms with Crippen molar-refractivity contribution in [1.82, 2.24) is 15.3 Å². The first-order chi connectivity index (χ1) is 16.1. The van der Waals surface area contributed by atoms with Gasteiger partial charge in [0, 0.05) is 23.5 Å². The Morgan fingerprint density at radius 1 is 1.06 bits per heavy atom. The minimum absolute atomic E-state index is 0.226. The number of nitrogens with zero attached hydrogens (tertiary/aromatic N) is 2. The molecule has 0 spiro atoms. The third-order valence-electron chi connectivity index (χ3n) is 6.40. The summed E-state index contributed by atoms with van der Waals surface area (Å²) in [6.45, 7) is 1.81. The zero-order valence-electron chi connectivity index (χ0n) is 19.3. The number of aryl methyl sites for hydroxylation is 1. The summed E-state index contributed by atoms with van der Waals surface area (Å²) in [6, 6.07) is 14.2. The molecule has 1 aliphatic carbocycles. The van der Waals surface area contributed by atoms with Crippen LogP contribution in [0.1, 0.15) is 71.1 Å². The number of ether oxygens (including phenoxy) is 1. The van der Waals surface area contributed by atoms with Gasteiger partial charge in [-0.05, 0) is 54.5 Å². The SMILES string of the molecule is COc1ncc([C@@H](CO)NC(=O)c2cc(-c3ccc(C)cc3)cc(C3CCCCC3)c2)cn1. The van der Waals surface area contributed by atoms with Crippen LogP contribution in [0.15, 0.2) is 54.9 Å². The van der Waals surface area contributed by atoms with E-state index in [4.69, 9.17) is 4.74 Å². The quantitative estimate of drug-likeness (QED) is 0.536. The predicted molar refractivity (Wildman–Crippen MR) is 128 cm³/mol. The van der Waals surface area contributed by atoms with E-state index in [1.165, 1.54) is 37.5 Å². The molecule has 6 nitrogen and oxygen atoms in total. The van der Waals surface area contributed by atoms with E-state index in [1.54, 1.807) is 12.4 Å². The molecule has 172 valence electrons. The summed E-state index contributed by atoms with van der Waals surface area (Å²) >= 11 is 0. The van der Waals surface area contributed by atoms with Crippen molar-refractivity contribution in [3.8, 4) is 17.1 Å². The first kappa shape index (κ1) is 22.9. The van der Waals surface area contributed by atoms with Crippen LogP contribution in [0.5, 0.6) is 6.01 Å². The second-order valence-corrected chi connectivity index (χ2v) is 8.76. The summed E-state index contributed by atoms with van der Waals surface area (Å²) in [5.41, 5.74) is 5.76. The van der Waals surface area contributed by atoms with E-state index in [9.17, 15) is 9.90 Å². The van der Waals surface area contributed by atoms with Crippen LogP contribution in [0.4, 0.5) is 0 Å². The molecule has 2 N–H and O–H groups in total. The van der Waals surface area contributed by atoms with E-state index in [0.717, 1.165) is 24.0 Å². The smallest absolute Gasteiger partial charge is 0.316 e. The largest absolute Gasteiger partial charge is 0.467 e. The maximum absolute atomic E-state index is 13.3. The van der Waals surface area contributed by atoms with Crippen molar-refractivity contribution in [2.45, 2.75) is 51.0 Å². The number of carbonyl (C=O) groups excluding carboxylic acids is 1. The summed E-state index contributed by atoms with van der Waals surface area (Å²) in [5.74, 6) is 0.246. The Hall–Kier alpha value is -3.25. The number of aliphatic hydroxyl groups excluding tert-OH is 1. The lowest BCUT2D eigenvalue weighted by Gasteiger charge is -2.24. The minimum Gasteiger partial charge on any atom is -0.467 e. The molecule has 1 heterocycles. The molecule has 33 heavy (non-hydrogen) atoms. The van der Waals surface area contributed by atoms with Gasteiger partial charge >= 0.3 is 6.01 Å². The lowest BCUT2D eigenvalue weighted by molar-refractivity contribution is 0.0916. The second-order valence-electron chi connectivity index (χ2n) is 8.76. The van der Waals surface area contributed by atoms with Crippen molar-refractivity contribution >= 4 is 5.91 Å². The molecule has 6 heteroatoms. The van der Waals surface area contributed by atoms with Crippen molar-refractivity contribution in [2.75, 3.05) is 13.7 Å². The van der Waals surface area contributed by atoms with Crippen molar-refractivity contribution in [3.63, 3.8) is 0 Å². The Kier molecular flexibility index (Phi) is 7.35. The number of nitrogens with one attached hydrogen (secondary N) is 1. The van der Waals surface area contributed by atoms with Gasteiger partial charge < -0.3 is 15.2 Å². The van der Waals surface area contributed by atoms with Crippen LogP contribution >= 0.6 is 0 Å². The Balaban J connectivity index is 1.64. The molecular weight excluding hydrogens is 414 g/mol. The predicted octanol–water partition coefficient (Wildman–Crippen LogP) is 4.97. The van der Waals surface area contributed by atoms with E-state index in [1.807, 2.05) is 12.1 Å². The number of methoxy groups -OCH3 is 1. The number of amides is 1. The number of aromatic nitrogens is 2. The summed E-state index contributed by atoms with van der Waals surface area (Å²) in [7, 11) is 1.49. The lowest BCUT2D eigenvalue weighted by atomic mass is 9.82. The van der Waals surface area contributed by atoms with Crippen LogP contribution in [0.25, 0.3) is 11.1 Å². The zero-order valence-corrected chi connectivity index (χ0v) is 19.3. The maximum atomic E-state index is 13.3. The van der Waals surface area contributed by atoms with E-state index in [-0.39, 0.29) is 18.5 Å². The van der Waals surface area contributed by atoms with Gasteiger partial charge in [-0.2, -0.15) is 0 Å². The molecule has 1 saturated carbocycles. The van der Waals surface area contributed by atoms with Crippen LogP contribution in [0.3, 0.4) is 0 Å². The Morgan fingerprint density at radius 2 is 1.76 bits per heavy atom. The number of aliphatic hydroxyl groups is 1. The fourth-order valence-electron chi connectivity index (χ4n) is 4.45. The number of hydrogen-bond acceptors (Lipinski definition) is 5. The van der Waals surface area contributed by atoms with Gasteiger partial charge in [0.25, 0.3) is 5.91 Å². The second kappa shape index (κ2) is 10.6. The van der Waals surface area contributed by atoms with Gasteiger partial charge in [0.15, 0.2) is 0 Å². The molecule has 0 unspecified atom stereocenters. The summed E-state index contributed by atoms with van der Waals surface area (Å²) in [4.78, 5) is 21.5. The third-order valence-corrected chi connectivity index (χ3v) is 6.40. The first-order valence-electron chi connectivity index (χ1n) is 11.6. The van der Waals surface area contributed by atoms with E-state index in [2.05, 4.69) is 52.5 Å². The third kappa shape index (κ3) is 5.57. The lowest BCUT2D eigenvalue weighted by Crippen LogP contribution is -2.31. The standard InChI is InChI=1S/C27H31N3O3/c1-18-8-10-20(11-9-18)22-12-21(19-6-4-3-5-7-19)13-23(14-22)26(32)30-25(17-31)24-15-28-27(33-2)29-16-24/h8-16,19,25,31H,3-7,17H2,1-2H3,(H,30,32)/t25-/m1/s1. The summed E-state index contributed by atoms with van der Waals surface area (Å²) in [5, 5.41) is 12.9. The highest BCUT2D eigenvalue weighted by Crippen LogP contribution is 2.35. The molecule has 0 bridgehead atoms. The van der Waals surface area contributed by atoms with Crippen LogP contribution in [0, 0.1) is 6.92 Å². The van der Waals surface area contributed by atoms with E-state index in [0.29, 0.717) is 17.0 Å². The van der Waals surface area contributed by atoms with Gasteiger partial charge in [-0.3, -0.25) is 4.79 Å². The topological polar surface area (TPSA) is 84.3 Å². The van der Waals surface area contributed by atoms with Gasteiger partial charge in [0.2, 0.25) is 0 Å². The molecular formula is C27H31N3O3. The molecule has 1 aromatic heterocycles. The highest BCUT2D eigenvalue weighted by atomic mass is 16.5. The summed E-state index contributed by atoms with van der Waals surface area (Å²) < 4.78 is 4.99. The van der Waals surface area contributed by atoms with Crippen molar-refractivity contribution in [3.05, 3.63) is 77.1 Å². The highest BCUT2D eigenvalue weighted by Gasteiger charge is 2.21. The maximum Gasteiger partial charge on any atom is 0.316 e. The van der Waals surface area contributed by atoms with Gasteiger partial charge in [-0.15, -0.1) is 0 Å². The fraction of sp³-hybridized carbons (Fsp3) is 0.370. The molecule has 0 saturated heterocycles. The molecule has 2 aromatic carbocycles. The first-order valence-corrected chi connectivity index (χ1v) is 11.6. The Labute approximate surface area is 195 Å². The molecule has 3 aromatic rings. The number of benzene rings is 2. The minimum atomic E-state index is -0.607. The van der Waals surface area contributed by atoms with Crippen molar-refractivity contribution in [2.24, 2.45) is 0 Å². The van der Waals surface area contributed by atoms with Crippen LogP contribution < -0.4 is 10.1 Å². The van der Waals surface area contributed by atoms with Gasteiger partial charge in [0.05, 0.1) is 19.8 Å². The average Bonchev–Trinajstić information content (AvgIpc) is 2.88. The molecule has 4 rings (SSSR count). The van der Waals surface area contributed by atoms with E-state index >= 15 is 0 Å². The summed E-state index contributed by atoms with van der Waals surface area (Å²) in [6.07, 6.45) is 9.16. The highest BCUT2D eigenvalue weighted by molar-refractivity contribution is 5.96. The molecule has 1 amide bonds. The molecule has 1 fully saturated rings. The molecule has 0 radical (unpaired) electrons. The zero-order chi connectivity index (χ0) is 23.2. The Morgan fingerprint density at radius 3 is 2.39 bits per heavy atom. The molecule has 1 atom stereocenters. The molecule has 0 aliphatic heterocycles. The van der Waals surface area contributed by atoms with Gasteiger partial charge in [-0.25, -0.2) is 9.97 Å². The Bertz CT molecular complexity index is 1070. The van der Waals surface area contributed by atoms with Crippen molar-refractivity contribution < 1.29 is 14.6 Å². The number of carbonyl (C=O) groups is 1. The molecule has 1 aliphatic rings. The van der Waals surface area contributed by atoms with Crippen LogP contribution in [-0.4, -0.2) is 34.7 Å². The monoisotopic (exact) mass is 445 g/mol. The fourth-order valence-corrected chi connectivity index (χ4v) is 4.45.